The summed E-state index contributed by atoms with van der Waals surface area (Å²) in [7, 11) is 0. The van der Waals surface area contributed by atoms with Crippen LogP contribution in [0, 0.1) is 5.92 Å². The van der Waals surface area contributed by atoms with Gasteiger partial charge in [-0.25, -0.2) is 0 Å². The topological polar surface area (TPSA) is 41.1 Å². The molecule has 1 aromatic carbocycles. The minimum atomic E-state index is 0.109. The molecule has 0 aliphatic carbocycles. The highest BCUT2D eigenvalue weighted by Crippen LogP contribution is 2.18. The van der Waals surface area contributed by atoms with Crippen molar-refractivity contribution in [3.63, 3.8) is 0 Å². The summed E-state index contributed by atoms with van der Waals surface area (Å²) >= 11 is 0. The van der Waals surface area contributed by atoms with E-state index in [2.05, 4.69) is 17.6 Å². The van der Waals surface area contributed by atoms with E-state index in [9.17, 15) is 4.79 Å². The molecule has 0 aromatic heterocycles. The van der Waals surface area contributed by atoms with Crippen molar-refractivity contribution < 1.29 is 4.79 Å². The van der Waals surface area contributed by atoms with Gasteiger partial charge in [0.25, 0.3) is 0 Å². The van der Waals surface area contributed by atoms with E-state index in [1.165, 1.54) is 12.8 Å². The van der Waals surface area contributed by atoms with Gasteiger partial charge in [0.2, 0.25) is 5.91 Å². The fourth-order valence-corrected chi connectivity index (χ4v) is 2.37. The second kappa shape index (κ2) is 5.82. The molecule has 2 unspecified atom stereocenters. The van der Waals surface area contributed by atoms with E-state index < -0.39 is 0 Å². The third-order valence-corrected chi connectivity index (χ3v) is 3.35. The molecule has 2 atom stereocenters. The van der Waals surface area contributed by atoms with Gasteiger partial charge in [0.15, 0.2) is 0 Å². The normalized spacial score (nSPS) is 21.1. The van der Waals surface area contributed by atoms with Gasteiger partial charge in [0, 0.05) is 18.2 Å². The maximum atomic E-state index is 11.8. The number of rotatable bonds is 4. The molecule has 0 radical (unpaired) electrons. The SMILES string of the molecule is CC(CC(=O)Nc1ccccc1)C1CCCN1. The highest BCUT2D eigenvalue weighted by Gasteiger charge is 2.22. The predicted molar refractivity (Wildman–Crippen MR) is 69.9 cm³/mol. The molecule has 1 aliphatic rings. The highest BCUT2D eigenvalue weighted by molar-refractivity contribution is 5.90. The Balaban J connectivity index is 1.80. The predicted octanol–water partition coefficient (Wildman–Crippen LogP) is 2.40. The van der Waals surface area contributed by atoms with Crippen LogP contribution in [0.5, 0.6) is 0 Å². The molecule has 3 nitrogen and oxygen atoms in total. The molecule has 0 bridgehead atoms. The van der Waals surface area contributed by atoms with Crippen LogP contribution in [-0.4, -0.2) is 18.5 Å². The summed E-state index contributed by atoms with van der Waals surface area (Å²) in [6, 6.07) is 10.1. The van der Waals surface area contributed by atoms with E-state index in [-0.39, 0.29) is 5.91 Å². The second-order valence-corrected chi connectivity index (χ2v) is 4.80. The minimum Gasteiger partial charge on any atom is -0.326 e. The van der Waals surface area contributed by atoms with Crippen LogP contribution in [0.15, 0.2) is 30.3 Å². The molecule has 0 saturated carbocycles. The van der Waals surface area contributed by atoms with Crippen LogP contribution >= 0.6 is 0 Å². The molecule has 1 saturated heterocycles. The van der Waals surface area contributed by atoms with E-state index >= 15 is 0 Å². The summed E-state index contributed by atoms with van der Waals surface area (Å²) in [5.74, 6) is 0.513. The van der Waals surface area contributed by atoms with Crippen LogP contribution in [-0.2, 0) is 4.79 Å². The number of anilines is 1. The largest absolute Gasteiger partial charge is 0.326 e. The van der Waals surface area contributed by atoms with Crippen molar-refractivity contribution in [1.82, 2.24) is 5.32 Å². The van der Waals surface area contributed by atoms with Crippen molar-refractivity contribution in [3.8, 4) is 0 Å². The Kier molecular flexibility index (Phi) is 4.15. The van der Waals surface area contributed by atoms with E-state index in [1.807, 2.05) is 30.3 Å². The number of para-hydroxylation sites is 1. The molecule has 1 aromatic rings. The van der Waals surface area contributed by atoms with Gasteiger partial charge in [-0.2, -0.15) is 0 Å². The van der Waals surface area contributed by atoms with Gasteiger partial charge in [-0.1, -0.05) is 25.1 Å². The zero-order valence-electron chi connectivity index (χ0n) is 10.3. The molecule has 92 valence electrons. The lowest BCUT2D eigenvalue weighted by Gasteiger charge is -2.18. The Labute approximate surface area is 103 Å². The molecule has 0 spiro atoms. The summed E-state index contributed by atoms with van der Waals surface area (Å²) < 4.78 is 0. The lowest BCUT2D eigenvalue weighted by atomic mass is 9.96. The number of benzene rings is 1. The Morgan fingerprint density at radius 1 is 1.47 bits per heavy atom. The molecule has 17 heavy (non-hydrogen) atoms. The monoisotopic (exact) mass is 232 g/mol. The lowest BCUT2D eigenvalue weighted by Crippen LogP contribution is -2.31. The average Bonchev–Trinajstić information content (AvgIpc) is 2.83. The highest BCUT2D eigenvalue weighted by atomic mass is 16.1. The van der Waals surface area contributed by atoms with E-state index in [1.54, 1.807) is 0 Å². The van der Waals surface area contributed by atoms with Gasteiger partial charge in [0.05, 0.1) is 0 Å². The number of hydrogen-bond acceptors (Lipinski definition) is 2. The summed E-state index contributed by atoms with van der Waals surface area (Å²) in [6.45, 7) is 3.24. The van der Waals surface area contributed by atoms with E-state index in [4.69, 9.17) is 0 Å². The van der Waals surface area contributed by atoms with Crippen molar-refractivity contribution >= 4 is 11.6 Å². The van der Waals surface area contributed by atoms with Crippen LogP contribution in [0.1, 0.15) is 26.2 Å². The molecule has 1 aliphatic heterocycles. The zero-order chi connectivity index (χ0) is 12.1. The van der Waals surface area contributed by atoms with Gasteiger partial charge >= 0.3 is 0 Å². The molecule has 2 N–H and O–H groups in total. The summed E-state index contributed by atoms with van der Waals surface area (Å²) in [5, 5.41) is 6.38. The van der Waals surface area contributed by atoms with Crippen LogP contribution in [0.2, 0.25) is 0 Å². The summed E-state index contributed by atoms with van der Waals surface area (Å²) in [4.78, 5) is 11.8. The fraction of sp³-hybridized carbons (Fsp3) is 0.500. The number of hydrogen-bond donors (Lipinski definition) is 2. The molecular weight excluding hydrogens is 212 g/mol. The van der Waals surface area contributed by atoms with Crippen molar-refractivity contribution in [2.45, 2.75) is 32.2 Å². The Bertz CT molecular complexity index is 358. The molecule has 1 amide bonds. The van der Waals surface area contributed by atoms with Crippen molar-refractivity contribution in [2.75, 3.05) is 11.9 Å². The number of carbonyl (C=O) groups excluding carboxylic acids is 1. The molecule has 1 fully saturated rings. The quantitative estimate of drug-likeness (QED) is 0.837. The fourth-order valence-electron chi connectivity index (χ4n) is 2.37. The summed E-state index contributed by atoms with van der Waals surface area (Å²) in [6.07, 6.45) is 3.02. The molecule has 1 heterocycles. The first kappa shape index (κ1) is 12.1. The van der Waals surface area contributed by atoms with Crippen molar-refractivity contribution in [2.24, 2.45) is 5.92 Å². The van der Waals surface area contributed by atoms with Crippen molar-refractivity contribution in [3.05, 3.63) is 30.3 Å². The Morgan fingerprint density at radius 2 is 2.24 bits per heavy atom. The minimum absolute atomic E-state index is 0.109. The Morgan fingerprint density at radius 3 is 2.88 bits per heavy atom. The number of carbonyl (C=O) groups is 1. The van der Waals surface area contributed by atoms with Gasteiger partial charge in [-0.15, -0.1) is 0 Å². The van der Waals surface area contributed by atoms with Crippen LogP contribution < -0.4 is 10.6 Å². The van der Waals surface area contributed by atoms with Gasteiger partial charge in [0.1, 0.15) is 0 Å². The zero-order valence-corrected chi connectivity index (χ0v) is 10.3. The van der Waals surface area contributed by atoms with Crippen LogP contribution in [0.25, 0.3) is 0 Å². The van der Waals surface area contributed by atoms with E-state index in [0.29, 0.717) is 18.4 Å². The maximum Gasteiger partial charge on any atom is 0.224 e. The van der Waals surface area contributed by atoms with Crippen LogP contribution in [0.4, 0.5) is 5.69 Å². The van der Waals surface area contributed by atoms with Crippen molar-refractivity contribution in [1.29, 1.82) is 0 Å². The number of nitrogens with one attached hydrogen (secondary N) is 2. The first-order valence-electron chi connectivity index (χ1n) is 6.34. The number of amides is 1. The standard InChI is InChI=1S/C14H20N2O/c1-11(13-8-5-9-15-13)10-14(17)16-12-6-3-2-4-7-12/h2-4,6-7,11,13,15H,5,8-10H2,1H3,(H,16,17). The van der Waals surface area contributed by atoms with Gasteiger partial charge in [-0.3, -0.25) is 4.79 Å². The molecule has 3 heteroatoms. The average molecular weight is 232 g/mol. The maximum absolute atomic E-state index is 11.8. The Hall–Kier alpha value is -1.35. The third-order valence-electron chi connectivity index (χ3n) is 3.35. The molecule has 2 rings (SSSR count). The lowest BCUT2D eigenvalue weighted by molar-refractivity contribution is -0.117. The second-order valence-electron chi connectivity index (χ2n) is 4.80. The van der Waals surface area contributed by atoms with Gasteiger partial charge < -0.3 is 10.6 Å². The van der Waals surface area contributed by atoms with Crippen LogP contribution in [0.3, 0.4) is 0 Å². The summed E-state index contributed by atoms with van der Waals surface area (Å²) in [5.41, 5.74) is 0.879. The van der Waals surface area contributed by atoms with Gasteiger partial charge in [-0.05, 0) is 37.4 Å². The first-order valence-corrected chi connectivity index (χ1v) is 6.34. The third kappa shape index (κ3) is 3.56. The molecular formula is C14H20N2O. The van der Waals surface area contributed by atoms with E-state index in [0.717, 1.165) is 12.2 Å². The first-order chi connectivity index (χ1) is 8.25. The smallest absolute Gasteiger partial charge is 0.224 e.